The number of hydrogen-bond acceptors (Lipinski definition) is 5. The van der Waals surface area contributed by atoms with Crippen molar-refractivity contribution in [2.75, 3.05) is 32.7 Å². The van der Waals surface area contributed by atoms with E-state index in [0.717, 1.165) is 6.42 Å². The molecule has 2 heterocycles. The maximum absolute atomic E-state index is 12.7. The molecule has 0 unspecified atom stereocenters. The summed E-state index contributed by atoms with van der Waals surface area (Å²) in [6, 6.07) is 5.92. The lowest BCUT2D eigenvalue weighted by atomic mass is 10.1. The van der Waals surface area contributed by atoms with Crippen LogP contribution in [0.5, 0.6) is 5.75 Å². The first-order valence-electron chi connectivity index (χ1n) is 8.97. The normalized spacial score (nSPS) is 23.0. The van der Waals surface area contributed by atoms with Crippen LogP contribution in [0.2, 0.25) is 0 Å². The van der Waals surface area contributed by atoms with Crippen LogP contribution in [0.4, 0.5) is 8.78 Å². The molecule has 2 N–H and O–H groups in total. The maximum atomic E-state index is 12.7. The van der Waals surface area contributed by atoms with E-state index in [1.165, 1.54) is 23.1 Å². The van der Waals surface area contributed by atoms with Crippen molar-refractivity contribution in [3.8, 4) is 5.75 Å². The number of ether oxygens (including phenoxy) is 2. The fraction of sp³-hybridized carbons (Fsp3) is 0.556. The summed E-state index contributed by atoms with van der Waals surface area (Å²) in [7, 11) is 0. The van der Waals surface area contributed by atoms with Gasteiger partial charge in [0.15, 0.2) is 0 Å². The first kappa shape index (κ1) is 19.5. The van der Waals surface area contributed by atoms with Crippen molar-refractivity contribution in [3.63, 3.8) is 0 Å². The Morgan fingerprint density at radius 2 is 1.81 bits per heavy atom. The molecule has 2 fully saturated rings. The van der Waals surface area contributed by atoms with E-state index in [9.17, 15) is 18.4 Å². The molecule has 2 amide bonds. The molecule has 0 spiro atoms. The number of amides is 2. The van der Waals surface area contributed by atoms with Crippen molar-refractivity contribution >= 4 is 11.8 Å². The predicted octanol–water partition coefficient (Wildman–Crippen LogP) is 1.08. The average Bonchev–Trinajstić information content (AvgIpc) is 3.16. The standard InChI is InChI=1S/C18H23F2N3O4/c19-18(20)27-14-4-2-1-3-13(14)16(24)22-7-9-23(10-8-22)17(25)15-6-5-12(11-21)26-15/h1-4,12,15,18H,5-11,21H2/t12-,15+/m1/s1. The number of alkyl halides is 2. The molecule has 0 aromatic heterocycles. The van der Waals surface area contributed by atoms with E-state index in [-0.39, 0.29) is 23.3 Å². The van der Waals surface area contributed by atoms with Crippen LogP contribution in [0.25, 0.3) is 0 Å². The summed E-state index contributed by atoms with van der Waals surface area (Å²) in [6.45, 7) is -1.23. The van der Waals surface area contributed by atoms with Crippen LogP contribution in [0.15, 0.2) is 24.3 Å². The minimum atomic E-state index is -3.00. The van der Waals surface area contributed by atoms with Crippen molar-refractivity contribution in [1.29, 1.82) is 0 Å². The van der Waals surface area contributed by atoms with E-state index in [2.05, 4.69) is 4.74 Å². The van der Waals surface area contributed by atoms with Crippen molar-refractivity contribution in [1.82, 2.24) is 9.80 Å². The quantitative estimate of drug-likeness (QED) is 0.823. The highest BCUT2D eigenvalue weighted by atomic mass is 19.3. The van der Waals surface area contributed by atoms with Gasteiger partial charge < -0.3 is 25.0 Å². The topological polar surface area (TPSA) is 85.1 Å². The molecule has 0 saturated carbocycles. The fourth-order valence-corrected chi connectivity index (χ4v) is 3.41. The molecule has 1 aromatic carbocycles. The molecule has 2 aliphatic heterocycles. The molecule has 2 atom stereocenters. The number of nitrogens with zero attached hydrogens (tertiary/aromatic N) is 2. The zero-order valence-electron chi connectivity index (χ0n) is 14.9. The second-order valence-corrected chi connectivity index (χ2v) is 6.55. The number of benzene rings is 1. The van der Waals surface area contributed by atoms with Crippen LogP contribution in [-0.2, 0) is 9.53 Å². The highest BCUT2D eigenvalue weighted by Gasteiger charge is 2.35. The smallest absolute Gasteiger partial charge is 0.387 e. The number of nitrogens with two attached hydrogens (primary N) is 1. The molecule has 0 bridgehead atoms. The van der Waals surface area contributed by atoms with Gasteiger partial charge in [0.25, 0.3) is 11.8 Å². The van der Waals surface area contributed by atoms with E-state index in [1.807, 2.05) is 0 Å². The van der Waals surface area contributed by atoms with Gasteiger partial charge in [0.1, 0.15) is 11.9 Å². The second kappa shape index (κ2) is 8.62. The van der Waals surface area contributed by atoms with Gasteiger partial charge in [-0.1, -0.05) is 12.1 Å². The Balaban J connectivity index is 1.58. The zero-order chi connectivity index (χ0) is 19.4. The SMILES string of the molecule is NC[C@H]1CC[C@@H](C(=O)N2CCN(C(=O)c3ccccc3OC(F)F)CC2)O1. The Hall–Kier alpha value is -2.26. The van der Waals surface area contributed by atoms with Crippen molar-refractivity contribution in [2.24, 2.45) is 5.73 Å². The third-order valence-electron chi connectivity index (χ3n) is 4.86. The molecule has 27 heavy (non-hydrogen) atoms. The van der Waals surface area contributed by atoms with Gasteiger partial charge in [0.2, 0.25) is 0 Å². The first-order chi connectivity index (χ1) is 13.0. The van der Waals surface area contributed by atoms with Crippen molar-refractivity contribution < 1.29 is 27.8 Å². The molecule has 3 rings (SSSR count). The van der Waals surface area contributed by atoms with Gasteiger partial charge in [0.05, 0.1) is 11.7 Å². The van der Waals surface area contributed by atoms with Gasteiger partial charge in [-0.05, 0) is 25.0 Å². The van der Waals surface area contributed by atoms with E-state index >= 15 is 0 Å². The summed E-state index contributed by atoms with van der Waals surface area (Å²) in [5, 5.41) is 0. The molecular formula is C18H23F2N3O4. The number of para-hydroxylation sites is 1. The Kier molecular flexibility index (Phi) is 6.22. The molecule has 7 nitrogen and oxygen atoms in total. The van der Waals surface area contributed by atoms with Gasteiger partial charge in [-0.25, -0.2) is 0 Å². The average molecular weight is 383 g/mol. The molecule has 2 aliphatic rings. The number of carbonyl (C=O) groups excluding carboxylic acids is 2. The summed E-state index contributed by atoms with van der Waals surface area (Å²) in [6.07, 6.45) is 0.874. The highest BCUT2D eigenvalue weighted by molar-refractivity contribution is 5.97. The molecule has 0 aliphatic carbocycles. The third kappa shape index (κ3) is 4.54. The number of piperazine rings is 1. The van der Waals surface area contributed by atoms with Crippen LogP contribution >= 0.6 is 0 Å². The monoisotopic (exact) mass is 383 g/mol. The van der Waals surface area contributed by atoms with Crippen LogP contribution < -0.4 is 10.5 Å². The van der Waals surface area contributed by atoms with Crippen LogP contribution in [0.1, 0.15) is 23.2 Å². The fourth-order valence-electron chi connectivity index (χ4n) is 3.41. The summed E-state index contributed by atoms with van der Waals surface area (Å²) >= 11 is 0. The summed E-state index contributed by atoms with van der Waals surface area (Å²) < 4.78 is 35.1. The van der Waals surface area contributed by atoms with E-state index in [1.54, 1.807) is 11.0 Å². The lowest BCUT2D eigenvalue weighted by molar-refractivity contribution is -0.144. The summed E-state index contributed by atoms with van der Waals surface area (Å²) in [4.78, 5) is 28.4. The number of rotatable bonds is 5. The van der Waals surface area contributed by atoms with Crippen molar-refractivity contribution in [2.45, 2.75) is 31.7 Å². The first-order valence-corrected chi connectivity index (χ1v) is 8.97. The predicted molar refractivity (Wildman–Crippen MR) is 92.5 cm³/mol. The van der Waals surface area contributed by atoms with E-state index in [0.29, 0.717) is 39.1 Å². The van der Waals surface area contributed by atoms with Crippen LogP contribution in [0, 0.1) is 0 Å². The Labute approximate surface area is 156 Å². The Morgan fingerprint density at radius 3 is 2.44 bits per heavy atom. The van der Waals surface area contributed by atoms with Crippen molar-refractivity contribution in [3.05, 3.63) is 29.8 Å². The summed E-state index contributed by atoms with van der Waals surface area (Å²) in [5.74, 6) is -0.624. The van der Waals surface area contributed by atoms with Gasteiger partial charge in [-0.3, -0.25) is 9.59 Å². The molecule has 1 aromatic rings. The van der Waals surface area contributed by atoms with E-state index < -0.39 is 18.6 Å². The van der Waals surface area contributed by atoms with Gasteiger partial charge in [0, 0.05) is 32.7 Å². The lowest BCUT2D eigenvalue weighted by Crippen LogP contribution is -2.53. The molecule has 148 valence electrons. The molecule has 0 radical (unpaired) electrons. The van der Waals surface area contributed by atoms with Gasteiger partial charge >= 0.3 is 6.61 Å². The maximum Gasteiger partial charge on any atom is 0.387 e. The number of carbonyl (C=O) groups is 2. The summed E-state index contributed by atoms with van der Waals surface area (Å²) in [5.41, 5.74) is 5.66. The number of halogens is 2. The van der Waals surface area contributed by atoms with Crippen LogP contribution in [0.3, 0.4) is 0 Å². The van der Waals surface area contributed by atoms with Crippen LogP contribution in [-0.4, -0.2) is 73.2 Å². The lowest BCUT2D eigenvalue weighted by Gasteiger charge is -2.36. The molecular weight excluding hydrogens is 360 g/mol. The van der Waals surface area contributed by atoms with Gasteiger partial charge in [-0.2, -0.15) is 8.78 Å². The van der Waals surface area contributed by atoms with Gasteiger partial charge in [-0.15, -0.1) is 0 Å². The minimum Gasteiger partial charge on any atom is -0.434 e. The molecule has 9 heteroatoms. The third-order valence-corrected chi connectivity index (χ3v) is 4.86. The number of hydrogen-bond donors (Lipinski definition) is 1. The Morgan fingerprint density at radius 1 is 1.15 bits per heavy atom. The minimum absolute atomic E-state index is 0.0758. The van der Waals surface area contributed by atoms with E-state index in [4.69, 9.17) is 10.5 Å². The zero-order valence-corrected chi connectivity index (χ0v) is 14.9. The largest absolute Gasteiger partial charge is 0.434 e. The molecule has 2 saturated heterocycles. The second-order valence-electron chi connectivity index (χ2n) is 6.55. The highest BCUT2D eigenvalue weighted by Crippen LogP contribution is 2.24. The Bertz CT molecular complexity index is 680.